The number of rotatable bonds is 1. The van der Waals surface area contributed by atoms with Gasteiger partial charge in [0.15, 0.2) is 0 Å². The van der Waals surface area contributed by atoms with Crippen LogP contribution in [0, 0.1) is 0 Å². The fourth-order valence-corrected chi connectivity index (χ4v) is 1.73. The molecule has 2 aromatic rings. The van der Waals surface area contributed by atoms with Gasteiger partial charge in [-0.2, -0.15) is 5.10 Å². The standard InChI is InChI=1S/C8H8BrN3/c1-12-8(10-9)6-4-2-3-5-7(6)11-12/h2-5,10H,1H3. The molecule has 0 saturated carbocycles. The summed E-state index contributed by atoms with van der Waals surface area (Å²) in [7, 11) is 1.91. The van der Waals surface area contributed by atoms with Crippen molar-refractivity contribution in [2.45, 2.75) is 0 Å². The van der Waals surface area contributed by atoms with Gasteiger partial charge in [-0.15, -0.1) is 0 Å². The summed E-state index contributed by atoms with van der Waals surface area (Å²) in [5.74, 6) is 0.977. The average molecular weight is 226 g/mol. The molecule has 12 heavy (non-hydrogen) atoms. The highest BCUT2D eigenvalue weighted by Crippen LogP contribution is 2.22. The number of hydrogen-bond acceptors (Lipinski definition) is 2. The van der Waals surface area contributed by atoms with E-state index in [4.69, 9.17) is 0 Å². The molecule has 0 fully saturated rings. The third-order valence-corrected chi connectivity index (χ3v) is 2.21. The van der Waals surface area contributed by atoms with Gasteiger partial charge in [0, 0.05) is 28.6 Å². The Morgan fingerprint density at radius 1 is 1.42 bits per heavy atom. The molecular weight excluding hydrogens is 218 g/mol. The van der Waals surface area contributed by atoms with Crippen molar-refractivity contribution in [1.82, 2.24) is 9.78 Å². The summed E-state index contributed by atoms with van der Waals surface area (Å²) in [5, 5.41) is 5.43. The van der Waals surface area contributed by atoms with Crippen molar-refractivity contribution in [3.8, 4) is 0 Å². The molecule has 0 aliphatic rings. The molecule has 0 bridgehead atoms. The molecule has 1 N–H and O–H groups in total. The van der Waals surface area contributed by atoms with Crippen molar-refractivity contribution in [2.24, 2.45) is 7.05 Å². The van der Waals surface area contributed by atoms with Crippen LogP contribution in [0.4, 0.5) is 5.82 Å². The summed E-state index contributed by atoms with van der Waals surface area (Å²) in [6.07, 6.45) is 0. The smallest absolute Gasteiger partial charge is 0.141 e. The van der Waals surface area contributed by atoms with E-state index in [-0.39, 0.29) is 0 Å². The predicted octanol–water partition coefficient (Wildman–Crippen LogP) is 2.30. The molecule has 1 aromatic carbocycles. The number of benzene rings is 1. The molecule has 4 heteroatoms. The van der Waals surface area contributed by atoms with Crippen molar-refractivity contribution in [2.75, 3.05) is 4.34 Å². The number of fused-ring (bicyclic) bond motifs is 1. The molecule has 1 aromatic heterocycles. The van der Waals surface area contributed by atoms with E-state index in [2.05, 4.69) is 25.6 Å². The fraction of sp³-hybridized carbons (Fsp3) is 0.125. The molecule has 0 radical (unpaired) electrons. The van der Waals surface area contributed by atoms with Gasteiger partial charge in [-0.1, -0.05) is 12.1 Å². The van der Waals surface area contributed by atoms with Crippen molar-refractivity contribution >= 4 is 32.9 Å². The minimum absolute atomic E-state index is 0.977. The predicted molar refractivity (Wildman–Crippen MR) is 53.3 cm³/mol. The van der Waals surface area contributed by atoms with Gasteiger partial charge < -0.3 is 4.34 Å². The van der Waals surface area contributed by atoms with Crippen LogP contribution >= 0.6 is 16.1 Å². The van der Waals surface area contributed by atoms with E-state index >= 15 is 0 Å². The number of halogens is 1. The molecule has 0 amide bonds. The highest BCUT2D eigenvalue weighted by atomic mass is 79.9. The van der Waals surface area contributed by atoms with Crippen LogP contribution in [0.3, 0.4) is 0 Å². The summed E-state index contributed by atoms with van der Waals surface area (Å²) >= 11 is 3.20. The van der Waals surface area contributed by atoms with Gasteiger partial charge in [0.25, 0.3) is 0 Å². The second-order valence-electron chi connectivity index (χ2n) is 2.58. The first-order valence-corrected chi connectivity index (χ1v) is 4.40. The maximum atomic E-state index is 4.31. The molecule has 0 atom stereocenters. The molecule has 1 heterocycles. The maximum absolute atomic E-state index is 4.31. The quantitative estimate of drug-likeness (QED) is 0.756. The average Bonchev–Trinajstić information content (AvgIpc) is 2.40. The lowest BCUT2D eigenvalue weighted by Crippen LogP contribution is -1.93. The first-order valence-electron chi connectivity index (χ1n) is 3.61. The van der Waals surface area contributed by atoms with Crippen LogP contribution in [0.1, 0.15) is 0 Å². The van der Waals surface area contributed by atoms with Crippen molar-refractivity contribution < 1.29 is 0 Å². The summed E-state index contributed by atoms with van der Waals surface area (Å²) in [6.45, 7) is 0. The third kappa shape index (κ3) is 0.992. The van der Waals surface area contributed by atoms with Crippen molar-refractivity contribution in [1.29, 1.82) is 0 Å². The summed E-state index contributed by atoms with van der Waals surface area (Å²) in [6, 6.07) is 8.00. The first kappa shape index (κ1) is 7.61. The van der Waals surface area contributed by atoms with Gasteiger partial charge in [0.2, 0.25) is 0 Å². The van der Waals surface area contributed by atoms with E-state index < -0.39 is 0 Å². The molecule has 2 rings (SSSR count). The summed E-state index contributed by atoms with van der Waals surface area (Å²) in [5.41, 5.74) is 1.00. The van der Waals surface area contributed by atoms with Crippen LogP contribution in [-0.2, 0) is 7.05 Å². The Kier molecular flexibility index (Phi) is 1.77. The van der Waals surface area contributed by atoms with Crippen LogP contribution in [0.2, 0.25) is 0 Å². The number of nitrogens with zero attached hydrogens (tertiary/aromatic N) is 2. The first-order chi connectivity index (χ1) is 5.83. The monoisotopic (exact) mass is 225 g/mol. The highest BCUT2D eigenvalue weighted by Gasteiger charge is 2.04. The van der Waals surface area contributed by atoms with E-state index in [0.29, 0.717) is 0 Å². The fourth-order valence-electron chi connectivity index (χ4n) is 1.26. The van der Waals surface area contributed by atoms with Gasteiger partial charge in [-0.05, 0) is 12.1 Å². The number of aromatic nitrogens is 2. The van der Waals surface area contributed by atoms with Crippen molar-refractivity contribution in [3.05, 3.63) is 24.3 Å². The van der Waals surface area contributed by atoms with E-state index in [1.165, 1.54) is 0 Å². The van der Waals surface area contributed by atoms with E-state index in [9.17, 15) is 0 Å². The van der Waals surface area contributed by atoms with Crippen LogP contribution in [0.25, 0.3) is 10.9 Å². The zero-order chi connectivity index (χ0) is 8.55. The normalized spacial score (nSPS) is 10.5. The number of hydrogen-bond donors (Lipinski definition) is 1. The Morgan fingerprint density at radius 2 is 2.17 bits per heavy atom. The number of aryl methyl sites for hydroxylation is 1. The van der Waals surface area contributed by atoms with Gasteiger partial charge in [0.1, 0.15) is 5.82 Å². The molecule has 0 spiro atoms. The molecule has 0 saturated heterocycles. The van der Waals surface area contributed by atoms with E-state index in [0.717, 1.165) is 16.7 Å². The minimum Gasteiger partial charge on any atom is -0.307 e. The topological polar surface area (TPSA) is 29.9 Å². The highest BCUT2D eigenvalue weighted by molar-refractivity contribution is 9.10. The van der Waals surface area contributed by atoms with E-state index in [1.54, 1.807) is 4.68 Å². The Hall–Kier alpha value is -1.03. The molecule has 0 aliphatic carbocycles. The Bertz CT molecular complexity index is 408. The van der Waals surface area contributed by atoms with Gasteiger partial charge in [0.05, 0.1) is 5.52 Å². The summed E-state index contributed by atoms with van der Waals surface area (Å²) < 4.78 is 4.74. The second kappa shape index (κ2) is 2.79. The molecule has 3 nitrogen and oxygen atoms in total. The Balaban J connectivity index is 2.81. The Morgan fingerprint density at radius 3 is 2.92 bits per heavy atom. The summed E-state index contributed by atoms with van der Waals surface area (Å²) in [4.78, 5) is 0. The molecular formula is C8H8BrN3. The van der Waals surface area contributed by atoms with Gasteiger partial charge >= 0.3 is 0 Å². The largest absolute Gasteiger partial charge is 0.307 e. The number of nitrogens with one attached hydrogen (secondary N) is 1. The second-order valence-corrected chi connectivity index (χ2v) is 2.98. The molecule has 62 valence electrons. The van der Waals surface area contributed by atoms with Crippen LogP contribution in [0.15, 0.2) is 24.3 Å². The van der Waals surface area contributed by atoms with Crippen LogP contribution < -0.4 is 4.34 Å². The minimum atomic E-state index is 0.977. The molecule has 0 aliphatic heterocycles. The van der Waals surface area contributed by atoms with Crippen molar-refractivity contribution in [3.63, 3.8) is 0 Å². The zero-order valence-electron chi connectivity index (χ0n) is 6.58. The molecule has 0 unspecified atom stereocenters. The lowest BCUT2D eigenvalue weighted by molar-refractivity contribution is 0.792. The third-order valence-electron chi connectivity index (χ3n) is 1.83. The van der Waals surface area contributed by atoms with Crippen LogP contribution in [0.5, 0.6) is 0 Å². The van der Waals surface area contributed by atoms with Gasteiger partial charge in [-0.3, -0.25) is 4.68 Å². The maximum Gasteiger partial charge on any atom is 0.141 e. The lowest BCUT2D eigenvalue weighted by Gasteiger charge is -1.96. The van der Waals surface area contributed by atoms with E-state index in [1.807, 2.05) is 31.3 Å². The SMILES string of the molecule is Cn1nc2ccccc2c1NBr. The zero-order valence-corrected chi connectivity index (χ0v) is 8.17. The lowest BCUT2D eigenvalue weighted by atomic mass is 10.2. The van der Waals surface area contributed by atoms with Crippen LogP contribution in [-0.4, -0.2) is 9.78 Å². The Labute approximate surface area is 78.7 Å². The van der Waals surface area contributed by atoms with Gasteiger partial charge in [-0.25, -0.2) is 0 Å². The number of anilines is 1.